The molecule has 154 valence electrons. The second-order valence-corrected chi connectivity index (χ2v) is 8.58. The summed E-state index contributed by atoms with van der Waals surface area (Å²) in [7, 11) is 3.68. The maximum Gasteiger partial charge on any atom is 0.108 e. The summed E-state index contributed by atoms with van der Waals surface area (Å²) in [6.07, 6.45) is 2.77. The smallest absolute Gasteiger partial charge is 0.108 e. The van der Waals surface area contributed by atoms with Crippen molar-refractivity contribution in [2.75, 3.05) is 0 Å². The number of hydrogen-bond donors (Lipinski definition) is 0. The Morgan fingerprint density at radius 3 is 1.77 bits per heavy atom. The Labute approximate surface area is 193 Å². The Balaban J connectivity index is 0.000000757. The molecule has 0 aliphatic heterocycles. The number of benzene rings is 2. The normalized spacial score (nSPS) is 9.73. The molecule has 6 heteroatoms. The fraction of sp³-hybridized carbons (Fsp3) is 0.0417. The summed E-state index contributed by atoms with van der Waals surface area (Å²) in [5.41, 5.74) is 2.97. The van der Waals surface area contributed by atoms with Gasteiger partial charge < -0.3 is 4.79 Å². The van der Waals surface area contributed by atoms with Crippen LogP contribution in [-0.2, 0) is 28.3 Å². The number of carbonyl (C=O) groups excluding carboxylic acids is 1. The summed E-state index contributed by atoms with van der Waals surface area (Å²) >= 11 is 1.62. The Bertz CT molecular complexity index is 952. The summed E-state index contributed by atoms with van der Waals surface area (Å²) < 4.78 is 0. The maximum absolute atomic E-state index is 7.75. The van der Waals surface area contributed by atoms with E-state index in [1.54, 1.807) is 17.3 Å². The first-order valence-corrected chi connectivity index (χ1v) is 13.2. The number of nitrogens with zero attached hydrogens (tertiary/aromatic N) is 2. The number of halogens is 1. The zero-order chi connectivity index (χ0) is 21.6. The van der Waals surface area contributed by atoms with E-state index in [0.717, 1.165) is 23.2 Å². The van der Waals surface area contributed by atoms with Gasteiger partial charge in [0.05, 0.1) is 35.6 Å². The summed E-state index contributed by atoms with van der Waals surface area (Å²) in [6, 6.07) is 33.8. The van der Waals surface area contributed by atoms with Crippen LogP contribution in [0, 0.1) is 0 Å². The SMILES string of the molecule is [CH-]=O.[Cl][RuH].c1ccc([PH+](Cc2cccc(-c3ccccn3)n2)c2ccccc2)cc1. The van der Waals surface area contributed by atoms with Gasteiger partial charge in [-0.1, -0.05) is 48.5 Å². The van der Waals surface area contributed by atoms with Crippen molar-refractivity contribution in [3.63, 3.8) is 0 Å². The third-order valence-electron chi connectivity index (χ3n) is 4.34. The fourth-order valence-corrected chi connectivity index (χ4v) is 5.56. The van der Waals surface area contributed by atoms with E-state index in [-0.39, 0.29) is 0 Å². The van der Waals surface area contributed by atoms with E-state index in [1.165, 1.54) is 10.6 Å². The summed E-state index contributed by atoms with van der Waals surface area (Å²) in [5.74, 6) is 0. The molecule has 0 spiro atoms. The van der Waals surface area contributed by atoms with Crippen LogP contribution in [0.25, 0.3) is 11.4 Å². The van der Waals surface area contributed by atoms with Gasteiger partial charge in [-0.3, -0.25) is 11.8 Å². The minimum Gasteiger partial charge on any atom is -0.255 e. The van der Waals surface area contributed by atoms with Gasteiger partial charge in [-0.15, -0.1) is 0 Å². The van der Waals surface area contributed by atoms with Crippen molar-refractivity contribution in [2.45, 2.75) is 6.16 Å². The topological polar surface area (TPSA) is 42.9 Å². The molecule has 0 fully saturated rings. The molecule has 3 nitrogen and oxygen atoms in total. The Hall–Kier alpha value is -2.25. The van der Waals surface area contributed by atoms with E-state index in [9.17, 15) is 0 Å². The maximum atomic E-state index is 7.75. The van der Waals surface area contributed by atoms with Gasteiger partial charge in [0, 0.05) is 6.20 Å². The predicted octanol–water partition coefficient (Wildman–Crippen LogP) is 4.65. The molecule has 0 atom stereocenters. The minimum atomic E-state index is -0.933. The first kappa shape index (κ1) is 24.0. The molecule has 4 aromatic rings. The summed E-state index contributed by atoms with van der Waals surface area (Å²) in [4.78, 5) is 17.1. The molecule has 0 bridgehead atoms. The third kappa shape index (κ3) is 6.92. The molecule has 0 radical (unpaired) electrons. The van der Waals surface area contributed by atoms with Crippen LogP contribution in [0.2, 0.25) is 0 Å². The van der Waals surface area contributed by atoms with E-state index in [0.29, 0.717) is 0 Å². The van der Waals surface area contributed by atoms with Crippen molar-refractivity contribution in [1.82, 2.24) is 9.97 Å². The second-order valence-electron chi connectivity index (χ2n) is 6.12. The Kier molecular flexibility index (Phi) is 11.1. The van der Waals surface area contributed by atoms with E-state index >= 15 is 0 Å². The van der Waals surface area contributed by atoms with Gasteiger partial charge in [0.25, 0.3) is 0 Å². The second kappa shape index (κ2) is 13.9. The van der Waals surface area contributed by atoms with Crippen LogP contribution in [0.15, 0.2) is 103 Å². The van der Waals surface area contributed by atoms with Gasteiger partial charge in [-0.25, -0.2) is 4.98 Å². The zero-order valence-corrected chi connectivity index (χ0v) is 19.8. The van der Waals surface area contributed by atoms with Gasteiger partial charge >= 0.3 is 27.0 Å². The van der Waals surface area contributed by atoms with Crippen molar-refractivity contribution >= 4 is 35.0 Å². The molecule has 0 saturated heterocycles. The van der Waals surface area contributed by atoms with Crippen LogP contribution in [-0.4, -0.2) is 16.8 Å². The van der Waals surface area contributed by atoms with Crippen molar-refractivity contribution < 1.29 is 22.1 Å². The minimum absolute atomic E-state index is 0.919. The van der Waals surface area contributed by atoms with Crippen molar-refractivity contribution in [2.24, 2.45) is 0 Å². The van der Waals surface area contributed by atoms with Crippen LogP contribution in [0.1, 0.15) is 5.69 Å². The van der Waals surface area contributed by atoms with Crippen LogP contribution >= 0.6 is 17.6 Å². The number of rotatable bonds is 5. The van der Waals surface area contributed by atoms with Crippen LogP contribution < -0.4 is 10.6 Å². The van der Waals surface area contributed by atoms with Crippen molar-refractivity contribution in [1.29, 1.82) is 0 Å². The molecular weight excluding hydrogens is 500 g/mol. The Morgan fingerprint density at radius 1 is 0.700 bits per heavy atom. The molecule has 2 aromatic carbocycles. The molecule has 2 heterocycles. The van der Waals surface area contributed by atoms with Crippen molar-refractivity contribution in [3.05, 3.63) is 109 Å². The van der Waals surface area contributed by atoms with Crippen LogP contribution in [0.3, 0.4) is 0 Å². The standard InChI is InChI=1S/C23H19N2P.CHO.ClH.Ru.H/c1-3-11-20(12-4-1)26(21-13-5-2-6-14-21)18-19-10-9-16-23(25-19)22-15-7-8-17-24-22;1-2;;;/h1-17H,18H2;1H;1H;;/q;-1;;+1;. The van der Waals surface area contributed by atoms with Crippen LogP contribution in [0.5, 0.6) is 0 Å². The molecule has 0 saturated carbocycles. The third-order valence-corrected chi connectivity index (χ3v) is 7.11. The molecule has 0 amide bonds. The molecule has 0 unspecified atom stereocenters. The van der Waals surface area contributed by atoms with Gasteiger partial charge in [-0.2, -0.15) is 0 Å². The fourth-order valence-electron chi connectivity index (χ4n) is 3.07. The number of hydrogen-bond acceptors (Lipinski definition) is 3. The largest absolute Gasteiger partial charge is 0.255 e. The first-order chi connectivity index (χ1) is 14.9. The van der Waals surface area contributed by atoms with Gasteiger partial charge in [0.1, 0.15) is 6.16 Å². The van der Waals surface area contributed by atoms with E-state index < -0.39 is 7.92 Å². The summed E-state index contributed by atoms with van der Waals surface area (Å²) in [6.45, 7) is 3.25. The van der Waals surface area contributed by atoms with Crippen molar-refractivity contribution in [3.8, 4) is 11.4 Å². The molecular formula is C24H22ClN2OPRu. The van der Waals surface area contributed by atoms with E-state index in [4.69, 9.17) is 9.78 Å². The summed E-state index contributed by atoms with van der Waals surface area (Å²) in [5, 5.41) is 2.82. The van der Waals surface area contributed by atoms with E-state index in [1.807, 2.05) is 30.5 Å². The predicted molar refractivity (Wildman–Crippen MR) is 126 cm³/mol. The van der Waals surface area contributed by atoms with E-state index in [2.05, 4.69) is 94.3 Å². The van der Waals surface area contributed by atoms with Gasteiger partial charge in [-0.05, 0) is 48.5 Å². The van der Waals surface area contributed by atoms with Gasteiger partial charge in [0.15, 0.2) is 0 Å². The average Bonchev–Trinajstić information content (AvgIpc) is 2.87. The molecule has 4 rings (SSSR count). The number of aromatic nitrogens is 2. The molecule has 0 aliphatic rings. The monoisotopic (exact) mass is 522 g/mol. The zero-order valence-electron chi connectivity index (χ0n) is 16.2. The molecule has 0 N–H and O–H groups in total. The van der Waals surface area contributed by atoms with Crippen LogP contribution in [0.4, 0.5) is 0 Å². The molecule has 0 aliphatic carbocycles. The Morgan fingerprint density at radius 2 is 1.23 bits per heavy atom. The molecule has 2 aromatic heterocycles. The number of pyridine rings is 2. The van der Waals surface area contributed by atoms with Gasteiger partial charge in [0.2, 0.25) is 0 Å². The quantitative estimate of drug-likeness (QED) is 0.166. The first-order valence-electron chi connectivity index (χ1n) is 9.12. The average molecular weight is 522 g/mol. The molecule has 30 heavy (non-hydrogen) atoms.